The van der Waals surface area contributed by atoms with E-state index < -0.39 is 0 Å². The van der Waals surface area contributed by atoms with Crippen molar-refractivity contribution in [3.63, 3.8) is 0 Å². The first kappa shape index (κ1) is 19.6. The zero-order chi connectivity index (χ0) is 20.4. The summed E-state index contributed by atoms with van der Waals surface area (Å²) in [6, 6.07) is 23.0. The van der Waals surface area contributed by atoms with Gasteiger partial charge in [-0.05, 0) is 24.7 Å². The molecule has 146 valence electrons. The van der Waals surface area contributed by atoms with Crippen LogP contribution in [0.1, 0.15) is 5.56 Å². The van der Waals surface area contributed by atoms with E-state index in [1.54, 1.807) is 6.07 Å². The molecule has 1 aromatic heterocycles. The molecule has 0 spiro atoms. The van der Waals surface area contributed by atoms with Gasteiger partial charge in [-0.1, -0.05) is 83.9 Å². The fourth-order valence-electron chi connectivity index (χ4n) is 3.38. The summed E-state index contributed by atoms with van der Waals surface area (Å²) >= 11 is 12.4. The van der Waals surface area contributed by atoms with Crippen LogP contribution in [-0.4, -0.2) is 21.7 Å². The summed E-state index contributed by atoms with van der Waals surface area (Å²) in [6.45, 7) is 0.868. The molecule has 0 atom stereocenters. The standard InChI is InChI=1S/C23H19Cl2N3O/c1-27(14-17-10-7-13-20(24)21(17)25)15-28-23(29)19-12-6-5-11-18(19)22(26-28)16-8-3-2-4-9-16/h2-13H,14-15H2,1H3. The van der Waals surface area contributed by atoms with E-state index in [9.17, 15) is 4.79 Å². The van der Waals surface area contributed by atoms with Crippen molar-refractivity contribution in [1.29, 1.82) is 0 Å². The van der Waals surface area contributed by atoms with E-state index in [1.165, 1.54) is 4.68 Å². The van der Waals surface area contributed by atoms with Gasteiger partial charge in [0, 0.05) is 17.5 Å². The van der Waals surface area contributed by atoms with Crippen LogP contribution in [-0.2, 0) is 13.2 Å². The lowest BCUT2D eigenvalue weighted by Crippen LogP contribution is -2.32. The SMILES string of the molecule is CN(Cc1cccc(Cl)c1Cl)Cn1nc(-c2ccccc2)c2ccccc2c1=O. The Labute approximate surface area is 178 Å². The average Bonchev–Trinajstić information content (AvgIpc) is 2.74. The molecule has 6 heteroatoms. The quantitative estimate of drug-likeness (QED) is 0.427. The van der Waals surface area contributed by atoms with E-state index in [2.05, 4.69) is 0 Å². The summed E-state index contributed by atoms with van der Waals surface area (Å²) in [5, 5.41) is 7.24. The summed E-state index contributed by atoms with van der Waals surface area (Å²) in [6.07, 6.45) is 0. The molecule has 0 aliphatic carbocycles. The van der Waals surface area contributed by atoms with E-state index in [0.717, 1.165) is 22.2 Å². The zero-order valence-corrected chi connectivity index (χ0v) is 17.4. The van der Waals surface area contributed by atoms with Crippen molar-refractivity contribution in [3.8, 4) is 11.3 Å². The topological polar surface area (TPSA) is 38.1 Å². The molecule has 0 aliphatic heterocycles. The molecule has 29 heavy (non-hydrogen) atoms. The molecule has 3 aromatic carbocycles. The largest absolute Gasteiger partial charge is 0.283 e. The third-order valence-corrected chi connectivity index (χ3v) is 5.62. The van der Waals surface area contributed by atoms with Crippen LogP contribution >= 0.6 is 23.2 Å². The third kappa shape index (κ3) is 4.06. The van der Waals surface area contributed by atoms with E-state index in [1.807, 2.05) is 78.7 Å². The molecule has 0 unspecified atom stereocenters. The Hall–Kier alpha value is -2.66. The highest BCUT2D eigenvalue weighted by Gasteiger charge is 2.14. The van der Waals surface area contributed by atoms with Crippen LogP contribution in [0.3, 0.4) is 0 Å². The van der Waals surface area contributed by atoms with Gasteiger partial charge in [0.15, 0.2) is 0 Å². The van der Waals surface area contributed by atoms with E-state index in [0.29, 0.717) is 28.6 Å². The molecule has 0 aliphatic rings. The Morgan fingerprint density at radius 1 is 0.897 bits per heavy atom. The maximum Gasteiger partial charge on any atom is 0.275 e. The zero-order valence-electron chi connectivity index (χ0n) is 15.8. The van der Waals surface area contributed by atoms with Gasteiger partial charge in [0.05, 0.1) is 27.8 Å². The molecule has 0 N–H and O–H groups in total. The monoisotopic (exact) mass is 423 g/mol. The van der Waals surface area contributed by atoms with Crippen molar-refractivity contribution in [3.05, 3.63) is 98.8 Å². The van der Waals surface area contributed by atoms with Gasteiger partial charge in [-0.3, -0.25) is 9.69 Å². The van der Waals surface area contributed by atoms with Crippen LogP contribution in [0.5, 0.6) is 0 Å². The highest BCUT2D eigenvalue weighted by atomic mass is 35.5. The number of nitrogens with zero attached hydrogens (tertiary/aromatic N) is 3. The molecule has 0 saturated heterocycles. The first-order valence-corrected chi connectivity index (χ1v) is 9.97. The number of hydrogen-bond acceptors (Lipinski definition) is 3. The Morgan fingerprint density at radius 2 is 1.59 bits per heavy atom. The fraction of sp³-hybridized carbons (Fsp3) is 0.130. The van der Waals surface area contributed by atoms with Crippen molar-refractivity contribution in [2.24, 2.45) is 0 Å². The number of hydrogen-bond donors (Lipinski definition) is 0. The molecular formula is C23H19Cl2N3O. The number of fused-ring (bicyclic) bond motifs is 1. The van der Waals surface area contributed by atoms with Crippen LogP contribution < -0.4 is 5.56 Å². The predicted octanol–water partition coefficient (Wildman–Crippen LogP) is 5.46. The van der Waals surface area contributed by atoms with Gasteiger partial charge in [0.2, 0.25) is 0 Å². The summed E-state index contributed by atoms with van der Waals surface area (Å²) in [4.78, 5) is 15.0. The Kier molecular flexibility index (Phi) is 5.67. The molecule has 4 nitrogen and oxygen atoms in total. The van der Waals surface area contributed by atoms with E-state index in [4.69, 9.17) is 28.3 Å². The molecule has 4 aromatic rings. The van der Waals surface area contributed by atoms with E-state index in [-0.39, 0.29) is 5.56 Å². The van der Waals surface area contributed by atoms with Gasteiger partial charge in [-0.15, -0.1) is 0 Å². The molecule has 0 fully saturated rings. The van der Waals surface area contributed by atoms with E-state index >= 15 is 0 Å². The highest BCUT2D eigenvalue weighted by Crippen LogP contribution is 2.27. The van der Waals surface area contributed by atoms with Crippen molar-refractivity contribution < 1.29 is 0 Å². The molecular weight excluding hydrogens is 405 g/mol. The van der Waals surface area contributed by atoms with Crippen LogP contribution in [0, 0.1) is 0 Å². The minimum Gasteiger partial charge on any atom is -0.283 e. The Balaban J connectivity index is 1.73. The van der Waals surface area contributed by atoms with Crippen LogP contribution in [0.25, 0.3) is 22.0 Å². The fourth-order valence-corrected chi connectivity index (χ4v) is 3.76. The van der Waals surface area contributed by atoms with Gasteiger partial charge in [-0.25, -0.2) is 4.68 Å². The number of rotatable bonds is 5. The second kappa shape index (κ2) is 8.37. The smallest absolute Gasteiger partial charge is 0.275 e. The average molecular weight is 424 g/mol. The normalized spacial score (nSPS) is 11.3. The molecule has 4 rings (SSSR count). The van der Waals surface area contributed by atoms with Gasteiger partial charge < -0.3 is 0 Å². The lowest BCUT2D eigenvalue weighted by atomic mass is 10.1. The molecule has 1 heterocycles. The molecule has 0 bridgehead atoms. The lowest BCUT2D eigenvalue weighted by molar-refractivity contribution is 0.241. The number of halogens is 2. The Morgan fingerprint density at radius 3 is 2.34 bits per heavy atom. The van der Waals surface area contributed by atoms with Crippen LogP contribution in [0.2, 0.25) is 10.0 Å². The first-order valence-electron chi connectivity index (χ1n) is 9.21. The second-order valence-electron chi connectivity index (χ2n) is 6.93. The maximum absolute atomic E-state index is 13.0. The lowest BCUT2D eigenvalue weighted by Gasteiger charge is -2.19. The van der Waals surface area contributed by atoms with Crippen molar-refractivity contribution >= 4 is 34.0 Å². The van der Waals surface area contributed by atoms with Crippen molar-refractivity contribution in [2.45, 2.75) is 13.2 Å². The van der Waals surface area contributed by atoms with Gasteiger partial charge in [0.1, 0.15) is 0 Å². The van der Waals surface area contributed by atoms with Gasteiger partial charge >= 0.3 is 0 Å². The predicted molar refractivity (Wildman–Crippen MR) is 119 cm³/mol. The molecule has 0 saturated carbocycles. The van der Waals surface area contributed by atoms with Crippen molar-refractivity contribution in [2.75, 3.05) is 7.05 Å². The summed E-state index contributed by atoms with van der Waals surface area (Å²) in [7, 11) is 1.92. The highest BCUT2D eigenvalue weighted by molar-refractivity contribution is 6.42. The minimum atomic E-state index is -0.121. The van der Waals surface area contributed by atoms with Gasteiger partial charge in [-0.2, -0.15) is 5.10 Å². The summed E-state index contributed by atoms with van der Waals surface area (Å²) in [5.41, 5.74) is 2.54. The van der Waals surface area contributed by atoms with Crippen LogP contribution in [0.4, 0.5) is 0 Å². The van der Waals surface area contributed by atoms with Crippen LogP contribution in [0.15, 0.2) is 77.6 Å². The molecule has 0 amide bonds. The minimum absolute atomic E-state index is 0.121. The van der Waals surface area contributed by atoms with Gasteiger partial charge in [0.25, 0.3) is 5.56 Å². The third-order valence-electron chi connectivity index (χ3n) is 4.76. The second-order valence-corrected chi connectivity index (χ2v) is 7.72. The number of benzene rings is 3. The molecule has 0 radical (unpaired) electrons. The summed E-state index contributed by atoms with van der Waals surface area (Å²) < 4.78 is 1.50. The first-order chi connectivity index (χ1) is 14.0. The maximum atomic E-state index is 13.0. The number of aromatic nitrogens is 2. The Bertz CT molecular complexity index is 1220. The van der Waals surface area contributed by atoms with Crippen molar-refractivity contribution in [1.82, 2.24) is 14.7 Å². The summed E-state index contributed by atoms with van der Waals surface area (Å²) in [5.74, 6) is 0.